The highest BCUT2D eigenvalue weighted by molar-refractivity contribution is 4.79. The second-order valence-corrected chi connectivity index (χ2v) is 3.84. The van der Waals surface area contributed by atoms with E-state index in [1.807, 2.05) is 0 Å². The van der Waals surface area contributed by atoms with Gasteiger partial charge >= 0.3 is 0 Å². The second-order valence-electron chi connectivity index (χ2n) is 3.84. The predicted molar refractivity (Wildman–Crippen MR) is 56.3 cm³/mol. The number of rotatable bonds is 5. The molecule has 1 fully saturated rings. The molecule has 2 N–H and O–H groups in total. The van der Waals surface area contributed by atoms with Crippen LogP contribution in [0.5, 0.6) is 0 Å². The van der Waals surface area contributed by atoms with Gasteiger partial charge in [-0.15, -0.1) is 0 Å². The lowest BCUT2D eigenvalue weighted by atomic mass is 10.1. The summed E-state index contributed by atoms with van der Waals surface area (Å²) in [5, 5.41) is 0. The van der Waals surface area contributed by atoms with Crippen LogP contribution in [0.15, 0.2) is 0 Å². The van der Waals surface area contributed by atoms with Gasteiger partial charge in [-0.2, -0.15) is 0 Å². The van der Waals surface area contributed by atoms with E-state index in [9.17, 15) is 0 Å². The Bertz CT molecular complexity index is 155. The first-order chi connectivity index (χ1) is 6.81. The van der Waals surface area contributed by atoms with Crippen molar-refractivity contribution in [3.8, 4) is 0 Å². The molecule has 0 aromatic rings. The van der Waals surface area contributed by atoms with Crippen LogP contribution in [-0.2, 0) is 9.47 Å². The maximum Gasteiger partial charge on any atom is 0.0698 e. The van der Waals surface area contributed by atoms with E-state index in [1.165, 1.54) is 6.42 Å². The van der Waals surface area contributed by atoms with Crippen LogP contribution in [-0.4, -0.2) is 57.5 Å². The van der Waals surface area contributed by atoms with Crippen molar-refractivity contribution >= 4 is 0 Å². The Kier molecular flexibility index (Phi) is 5.40. The number of nitrogens with zero attached hydrogens (tertiary/aromatic N) is 1. The minimum Gasteiger partial charge on any atom is -0.383 e. The zero-order valence-electron chi connectivity index (χ0n) is 9.24. The minimum absolute atomic E-state index is 0.345. The summed E-state index contributed by atoms with van der Waals surface area (Å²) in [5.74, 6) is 0. The van der Waals surface area contributed by atoms with Crippen LogP contribution in [0.4, 0.5) is 0 Å². The van der Waals surface area contributed by atoms with Crippen molar-refractivity contribution in [2.45, 2.75) is 25.0 Å². The van der Waals surface area contributed by atoms with Gasteiger partial charge in [0.25, 0.3) is 0 Å². The maximum absolute atomic E-state index is 5.71. The van der Waals surface area contributed by atoms with Crippen LogP contribution >= 0.6 is 0 Å². The van der Waals surface area contributed by atoms with Gasteiger partial charge in [0.15, 0.2) is 0 Å². The molecule has 1 heterocycles. The summed E-state index contributed by atoms with van der Waals surface area (Å²) in [6, 6.07) is 0.345. The van der Waals surface area contributed by atoms with Crippen LogP contribution in [0.2, 0.25) is 0 Å². The standard InChI is InChI=1S/C10H22N2O2/c1-13-8-9(6-11)12-5-3-4-10(7-12)14-2/h9-10H,3-8,11H2,1-2H3. The molecule has 84 valence electrons. The predicted octanol–water partition coefficient (Wildman–Crippen LogP) is 0.0709. The van der Waals surface area contributed by atoms with Crippen LogP contribution < -0.4 is 5.73 Å². The van der Waals surface area contributed by atoms with E-state index >= 15 is 0 Å². The average Bonchev–Trinajstić information content (AvgIpc) is 2.26. The van der Waals surface area contributed by atoms with Gasteiger partial charge in [-0.1, -0.05) is 0 Å². The Morgan fingerprint density at radius 3 is 2.86 bits per heavy atom. The van der Waals surface area contributed by atoms with Crippen molar-refractivity contribution in [3.63, 3.8) is 0 Å². The number of hydrogen-bond donors (Lipinski definition) is 1. The summed E-state index contributed by atoms with van der Waals surface area (Å²) in [6.45, 7) is 3.48. The highest BCUT2D eigenvalue weighted by Gasteiger charge is 2.24. The van der Waals surface area contributed by atoms with Crippen molar-refractivity contribution in [2.75, 3.05) is 40.5 Å². The monoisotopic (exact) mass is 202 g/mol. The number of nitrogens with two attached hydrogens (primary N) is 1. The number of hydrogen-bond acceptors (Lipinski definition) is 4. The largest absolute Gasteiger partial charge is 0.383 e. The van der Waals surface area contributed by atoms with Crippen molar-refractivity contribution in [2.24, 2.45) is 5.73 Å². The van der Waals surface area contributed by atoms with Gasteiger partial charge in [0.1, 0.15) is 0 Å². The van der Waals surface area contributed by atoms with Gasteiger partial charge in [0, 0.05) is 33.4 Å². The lowest BCUT2D eigenvalue weighted by Crippen LogP contribution is -2.50. The van der Waals surface area contributed by atoms with Gasteiger partial charge in [0.2, 0.25) is 0 Å². The lowest BCUT2D eigenvalue weighted by Gasteiger charge is -2.36. The van der Waals surface area contributed by atoms with Crippen LogP contribution in [0.25, 0.3) is 0 Å². The van der Waals surface area contributed by atoms with Gasteiger partial charge in [-0.3, -0.25) is 4.90 Å². The molecule has 1 saturated heterocycles. The molecule has 14 heavy (non-hydrogen) atoms. The normalized spacial score (nSPS) is 26.4. The number of methoxy groups -OCH3 is 2. The van der Waals surface area contributed by atoms with Gasteiger partial charge in [0.05, 0.1) is 12.7 Å². The first kappa shape index (κ1) is 11.9. The highest BCUT2D eigenvalue weighted by Crippen LogP contribution is 2.14. The van der Waals surface area contributed by atoms with Gasteiger partial charge in [-0.25, -0.2) is 0 Å². The Morgan fingerprint density at radius 1 is 1.50 bits per heavy atom. The smallest absolute Gasteiger partial charge is 0.0698 e. The quantitative estimate of drug-likeness (QED) is 0.685. The van der Waals surface area contributed by atoms with Crippen LogP contribution in [0.3, 0.4) is 0 Å². The number of likely N-dealkylation sites (tertiary alicyclic amines) is 1. The summed E-state index contributed by atoms with van der Waals surface area (Å²) in [6.07, 6.45) is 2.73. The fraction of sp³-hybridized carbons (Fsp3) is 1.00. The molecule has 2 unspecified atom stereocenters. The Balaban J connectivity index is 2.40. The summed E-state index contributed by atoms with van der Waals surface area (Å²) < 4.78 is 10.5. The van der Waals surface area contributed by atoms with E-state index in [1.54, 1.807) is 14.2 Å². The molecule has 1 aliphatic heterocycles. The molecule has 0 spiro atoms. The summed E-state index contributed by atoms with van der Waals surface area (Å²) in [4.78, 5) is 2.38. The molecule has 2 atom stereocenters. The van der Waals surface area contributed by atoms with E-state index in [0.29, 0.717) is 25.3 Å². The number of ether oxygens (including phenoxy) is 2. The molecule has 0 amide bonds. The molecule has 4 heteroatoms. The molecule has 4 nitrogen and oxygen atoms in total. The fourth-order valence-electron chi connectivity index (χ4n) is 2.01. The Labute approximate surface area is 86.3 Å². The maximum atomic E-state index is 5.71. The molecule has 0 aromatic heterocycles. The van der Waals surface area contributed by atoms with Crippen LogP contribution in [0, 0.1) is 0 Å². The molecule has 0 radical (unpaired) electrons. The minimum atomic E-state index is 0.345. The van der Waals surface area contributed by atoms with E-state index in [-0.39, 0.29) is 0 Å². The van der Waals surface area contributed by atoms with Crippen molar-refractivity contribution in [1.82, 2.24) is 4.90 Å². The molecule has 1 rings (SSSR count). The molecule has 0 bridgehead atoms. The molecule has 0 saturated carbocycles. The lowest BCUT2D eigenvalue weighted by molar-refractivity contribution is -0.000201. The van der Waals surface area contributed by atoms with E-state index in [0.717, 1.165) is 19.5 Å². The fourth-order valence-corrected chi connectivity index (χ4v) is 2.01. The topological polar surface area (TPSA) is 47.7 Å². The first-order valence-corrected chi connectivity index (χ1v) is 5.27. The third-order valence-corrected chi connectivity index (χ3v) is 2.89. The first-order valence-electron chi connectivity index (χ1n) is 5.27. The highest BCUT2D eigenvalue weighted by atomic mass is 16.5. The van der Waals surface area contributed by atoms with Gasteiger partial charge in [-0.05, 0) is 19.4 Å². The zero-order chi connectivity index (χ0) is 10.4. The summed E-state index contributed by atoms with van der Waals surface area (Å²) >= 11 is 0. The van der Waals surface area contributed by atoms with E-state index in [4.69, 9.17) is 15.2 Å². The average molecular weight is 202 g/mol. The summed E-state index contributed by atoms with van der Waals surface area (Å²) in [5.41, 5.74) is 5.71. The van der Waals surface area contributed by atoms with Crippen molar-refractivity contribution in [3.05, 3.63) is 0 Å². The molecular formula is C10H22N2O2. The molecular weight excluding hydrogens is 180 g/mol. The SMILES string of the molecule is COCC(CN)N1CCCC(OC)C1. The summed E-state index contributed by atoms with van der Waals surface area (Å²) in [7, 11) is 3.50. The Morgan fingerprint density at radius 2 is 2.29 bits per heavy atom. The Hall–Kier alpha value is -0.160. The molecule has 1 aliphatic rings. The zero-order valence-corrected chi connectivity index (χ0v) is 9.24. The van der Waals surface area contributed by atoms with Crippen molar-refractivity contribution in [1.29, 1.82) is 0 Å². The molecule has 0 aromatic carbocycles. The second kappa shape index (κ2) is 6.35. The molecule has 0 aliphatic carbocycles. The van der Waals surface area contributed by atoms with Crippen molar-refractivity contribution < 1.29 is 9.47 Å². The third kappa shape index (κ3) is 3.20. The van der Waals surface area contributed by atoms with E-state index < -0.39 is 0 Å². The van der Waals surface area contributed by atoms with Gasteiger partial charge < -0.3 is 15.2 Å². The van der Waals surface area contributed by atoms with E-state index in [2.05, 4.69) is 4.90 Å². The number of piperidine rings is 1. The third-order valence-electron chi connectivity index (χ3n) is 2.89. The van der Waals surface area contributed by atoms with Crippen LogP contribution in [0.1, 0.15) is 12.8 Å².